The normalized spacial score (nSPS) is 20.6. The Labute approximate surface area is 125 Å². The molecular formula is C15H18F3N3O. The molecule has 1 aromatic carbocycles. The van der Waals surface area contributed by atoms with Gasteiger partial charge >= 0.3 is 11.9 Å². The van der Waals surface area contributed by atoms with Crippen LogP contribution in [0, 0.1) is 0 Å². The Morgan fingerprint density at radius 3 is 2.77 bits per heavy atom. The van der Waals surface area contributed by atoms with Gasteiger partial charge in [-0.2, -0.15) is 13.2 Å². The van der Waals surface area contributed by atoms with Gasteiger partial charge in [0.05, 0.1) is 16.6 Å². The van der Waals surface area contributed by atoms with E-state index in [1.54, 1.807) is 0 Å². The molecule has 1 aromatic heterocycles. The number of imidazole rings is 1. The van der Waals surface area contributed by atoms with Gasteiger partial charge in [-0.3, -0.25) is 4.57 Å². The van der Waals surface area contributed by atoms with Gasteiger partial charge in [0.25, 0.3) is 0 Å². The van der Waals surface area contributed by atoms with E-state index in [1.807, 2.05) is 7.05 Å². The number of likely N-dealkylation sites (N-methyl/N-ethyl adjacent to an activating group) is 1. The number of fused-ring (bicyclic) bond motifs is 1. The molecule has 2 heterocycles. The summed E-state index contributed by atoms with van der Waals surface area (Å²) in [6.07, 6.45) is -1.25. The zero-order chi connectivity index (χ0) is 15.9. The van der Waals surface area contributed by atoms with E-state index in [9.17, 15) is 18.0 Å². The number of likely N-dealkylation sites (tertiary alicyclic amines) is 1. The molecule has 1 N–H and O–H groups in total. The molecule has 1 fully saturated rings. The van der Waals surface area contributed by atoms with Gasteiger partial charge in [-0.15, -0.1) is 0 Å². The highest BCUT2D eigenvalue weighted by Crippen LogP contribution is 2.31. The maximum atomic E-state index is 12.9. The number of aromatic amines is 1. The van der Waals surface area contributed by atoms with E-state index < -0.39 is 11.7 Å². The van der Waals surface area contributed by atoms with Crippen molar-refractivity contribution in [3.8, 4) is 0 Å². The fourth-order valence-electron chi connectivity index (χ4n) is 3.10. The summed E-state index contributed by atoms with van der Waals surface area (Å²) in [5.41, 5.74) is -0.326. The second-order valence-electron chi connectivity index (χ2n) is 5.90. The highest BCUT2D eigenvalue weighted by atomic mass is 19.4. The Morgan fingerprint density at radius 2 is 2.09 bits per heavy atom. The smallest absolute Gasteiger partial charge is 0.306 e. The van der Waals surface area contributed by atoms with Gasteiger partial charge in [-0.05, 0) is 44.6 Å². The summed E-state index contributed by atoms with van der Waals surface area (Å²) >= 11 is 0. The van der Waals surface area contributed by atoms with Crippen molar-refractivity contribution in [2.75, 3.05) is 13.6 Å². The highest BCUT2D eigenvalue weighted by molar-refractivity contribution is 5.76. The molecule has 1 saturated heterocycles. The zero-order valence-electron chi connectivity index (χ0n) is 12.3. The lowest BCUT2D eigenvalue weighted by atomic mass is 10.0. The summed E-state index contributed by atoms with van der Waals surface area (Å²) < 4.78 is 40.0. The molecule has 1 aliphatic heterocycles. The van der Waals surface area contributed by atoms with Crippen molar-refractivity contribution in [3.05, 3.63) is 34.2 Å². The summed E-state index contributed by atoms with van der Waals surface area (Å²) in [6, 6.07) is 3.55. The molecule has 0 spiro atoms. The third-order valence-electron chi connectivity index (χ3n) is 4.42. The Bertz CT molecular complexity index is 732. The van der Waals surface area contributed by atoms with Crippen molar-refractivity contribution in [1.82, 2.24) is 14.5 Å². The molecule has 2 aromatic rings. The van der Waals surface area contributed by atoms with Crippen LogP contribution < -0.4 is 5.69 Å². The fraction of sp³-hybridized carbons (Fsp3) is 0.533. The Kier molecular flexibility index (Phi) is 3.76. The third-order valence-corrected chi connectivity index (χ3v) is 4.42. The topological polar surface area (TPSA) is 41.0 Å². The van der Waals surface area contributed by atoms with Crippen molar-refractivity contribution in [3.63, 3.8) is 0 Å². The first-order chi connectivity index (χ1) is 10.4. The monoisotopic (exact) mass is 313 g/mol. The second-order valence-corrected chi connectivity index (χ2v) is 5.90. The summed E-state index contributed by atoms with van der Waals surface area (Å²) in [7, 11) is 1.99. The van der Waals surface area contributed by atoms with E-state index in [0.29, 0.717) is 17.6 Å². The number of halogens is 3. The SMILES string of the molecule is CN1CCCCC1Cn1c(=O)[nH]c2ccc(C(F)(F)F)cc21. The van der Waals surface area contributed by atoms with E-state index in [0.717, 1.165) is 37.9 Å². The van der Waals surface area contributed by atoms with E-state index >= 15 is 0 Å². The minimum atomic E-state index is -4.41. The number of hydrogen-bond donors (Lipinski definition) is 1. The first-order valence-corrected chi connectivity index (χ1v) is 7.36. The van der Waals surface area contributed by atoms with Gasteiger partial charge < -0.3 is 9.88 Å². The Balaban J connectivity index is 2.01. The van der Waals surface area contributed by atoms with Crippen molar-refractivity contribution in [2.24, 2.45) is 0 Å². The van der Waals surface area contributed by atoms with Gasteiger partial charge in [-0.25, -0.2) is 4.79 Å². The predicted molar refractivity (Wildman–Crippen MR) is 77.8 cm³/mol. The largest absolute Gasteiger partial charge is 0.416 e. The number of hydrogen-bond acceptors (Lipinski definition) is 2. The number of piperidine rings is 1. The van der Waals surface area contributed by atoms with Crippen LogP contribution in [0.15, 0.2) is 23.0 Å². The fourth-order valence-corrected chi connectivity index (χ4v) is 3.10. The van der Waals surface area contributed by atoms with Crippen LogP contribution in [0.1, 0.15) is 24.8 Å². The molecular weight excluding hydrogens is 295 g/mol. The summed E-state index contributed by atoms with van der Waals surface area (Å²) in [6.45, 7) is 1.37. The predicted octanol–water partition coefficient (Wildman–Crippen LogP) is 2.83. The minimum Gasteiger partial charge on any atom is -0.306 e. The molecule has 0 amide bonds. The number of benzene rings is 1. The van der Waals surface area contributed by atoms with E-state index in [1.165, 1.54) is 10.6 Å². The van der Waals surface area contributed by atoms with Crippen LogP contribution in [-0.2, 0) is 12.7 Å². The molecule has 120 valence electrons. The van der Waals surface area contributed by atoms with Gasteiger partial charge in [0, 0.05) is 12.6 Å². The Hall–Kier alpha value is -1.76. The summed E-state index contributed by atoms with van der Waals surface area (Å²) in [5, 5.41) is 0. The third kappa shape index (κ3) is 2.77. The molecule has 0 radical (unpaired) electrons. The molecule has 22 heavy (non-hydrogen) atoms. The second kappa shape index (κ2) is 5.46. The first-order valence-electron chi connectivity index (χ1n) is 7.36. The van der Waals surface area contributed by atoms with E-state index in [-0.39, 0.29) is 11.7 Å². The average molecular weight is 313 g/mol. The van der Waals surface area contributed by atoms with Crippen LogP contribution in [0.2, 0.25) is 0 Å². The number of nitrogens with one attached hydrogen (secondary N) is 1. The first kappa shape index (κ1) is 15.1. The van der Waals surface area contributed by atoms with Crippen LogP contribution in [0.25, 0.3) is 11.0 Å². The number of aromatic nitrogens is 2. The highest BCUT2D eigenvalue weighted by Gasteiger charge is 2.31. The van der Waals surface area contributed by atoms with Crippen LogP contribution in [0.3, 0.4) is 0 Å². The summed E-state index contributed by atoms with van der Waals surface area (Å²) in [4.78, 5) is 16.9. The van der Waals surface area contributed by atoms with Crippen LogP contribution in [0.5, 0.6) is 0 Å². The van der Waals surface area contributed by atoms with Crippen LogP contribution in [-0.4, -0.2) is 34.1 Å². The minimum absolute atomic E-state index is 0.181. The van der Waals surface area contributed by atoms with Gasteiger partial charge in [0.15, 0.2) is 0 Å². The molecule has 0 aliphatic carbocycles. The zero-order valence-corrected chi connectivity index (χ0v) is 12.3. The van der Waals surface area contributed by atoms with Crippen molar-refractivity contribution in [2.45, 2.75) is 38.0 Å². The van der Waals surface area contributed by atoms with Crippen molar-refractivity contribution >= 4 is 11.0 Å². The molecule has 7 heteroatoms. The molecule has 3 rings (SSSR count). The Morgan fingerprint density at radius 1 is 1.32 bits per heavy atom. The van der Waals surface area contributed by atoms with Gasteiger partial charge in [-0.1, -0.05) is 6.42 Å². The van der Waals surface area contributed by atoms with Crippen molar-refractivity contribution < 1.29 is 13.2 Å². The van der Waals surface area contributed by atoms with Crippen LogP contribution >= 0.6 is 0 Å². The quantitative estimate of drug-likeness (QED) is 0.926. The molecule has 1 unspecified atom stereocenters. The lowest BCUT2D eigenvalue weighted by Crippen LogP contribution is -2.40. The maximum absolute atomic E-state index is 12.9. The molecule has 1 atom stereocenters. The van der Waals surface area contributed by atoms with Gasteiger partial charge in [0.1, 0.15) is 0 Å². The lowest BCUT2D eigenvalue weighted by Gasteiger charge is -2.32. The van der Waals surface area contributed by atoms with E-state index in [4.69, 9.17) is 0 Å². The van der Waals surface area contributed by atoms with Crippen LogP contribution in [0.4, 0.5) is 13.2 Å². The molecule has 0 saturated carbocycles. The average Bonchev–Trinajstić information content (AvgIpc) is 2.76. The number of nitrogens with zero attached hydrogens (tertiary/aromatic N) is 2. The molecule has 4 nitrogen and oxygen atoms in total. The number of alkyl halides is 3. The number of rotatable bonds is 2. The van der Waals surface area contributed by atoms with Crippen molar-refractivity contribution in [1.29, 1.82) is 0 Å². The summed E-state index contributed by atoms with van der Waals surface area (Å²) in [5.74, 6) is 0. The standard InChI is InChI=1S/C15H18F3N3O/c1-20-7-3-2-4-11(20)9-21-13-8-10(15(16,17)18)5-6-12(13)19-14(21)22/h5-6,8,11H,2-4,7,9H2,1H3,(H,19,22). The maximum Gasteiger partial charge on any atom is 0.416 e. The van der Waals surface area contributed by atoms with E-state index in [2.05, 4.69) is 9.88 Å². The lowest BCUT2D eigenvalue weighted by molar-refractivity contribution is -0.137. The van der Waals surface area contributed by atoms with Gasteiger partial charge in [0.2, 0.25) is 0 Å². The molecule has 0 bridgehead atoms. The number of H-pyrrole nitrogens is 1. The molecule has 1 aliphatic rings.